The van der Waals surface area contributed by atoms with Crippen molar-refractivity contribution in [2.75, 3.05) is 0 Å². The SMILES string of the molecule is Clc1cccc2oc(-c3cccc4ccccc34)nc12. The van der Waals surface area contributed by atoms with Gasteiger partial charge in [-0.25, -0.2) is 4.98 Å². The molecule has 0 aliphatic heterocycles. The summed E-state index contributed by atoms with van der Waals surface area (Å²) in [6.45, 7) is 0. The Morgan fingerprint density at radius 1 is 0.850 bits per heavy atom. The Labute approximate surface area is 120 Å². The molecule has 0 bridgehead atoms. The van der Waals surface area contributed by atoms with Crippen LogP contribution in [0.4, 0.5) is 0 Å². The van der Waals surface area contributed by atoms with Crippen LogP contribution in [-0.4, -0.2) is 4.98 Å². The molecule has 96 valence electrons. The number of rotatable bonds is 1. The fourth-order valence-corrected chi connectivity index (χ4v) is 2.65. The number of nitrogens with zero attached hydrogens (tertiary/aromatic N) is 1. The summed E-state index contributed by atoms with van der Waals surface area (Å²) < 4.78 is 5.85. The molecule has 4 aromatic rings. The van der Waals surface area contributed by atoms with Gasteiger partial charge in [-0.3, -0.25) is 0 Å². The van der Waals surface area contributed by atoms with Crippen LogP contribution in [0.5, 0.6) is 0 Å². The summed E-state index contributed by atoms with van der Waals surface area (Å²) in [6, 6.07) is 19.8. The van der Waals surface area contributed by atoms with Crippen LogP contribution < -0.4 is 0 Å². The van der Waals surface area contributed by atoms with Crippen LogP contribution in [0.1, 0.15) is 0 Å². The van der Waals surface area contributed by atoms with E-state index in [1.807, 2.05) is 42.5 Å². The number of para-hydroxylation sites is 1. The van der Waals surface area contributed by atoms with Crippen molar-refractivity contribution in [2.24, 2.45) is 0 Å². The van der Waals surface area contributed by atoms with Crippen molar-refractivity contribution < 1.29 is 4.42 Å². The summed E-state index contributed by atoms with van der Waals surface area (Å²) in [7, 11) is 0. The lowest BCUT2D eigenvalue weighted by molar-refractivity contribution is 0.620. The van der Waals surface area contributed by atoms with Crippen LogP contribution in [0.2, 0.25) is 5.02 Å². The van der Waals surface area contributed by atoms with Crippen molar-refractivity contribution in [2.45, 2.75) is 0 Å². The van der Waals surface area contributed by atoms with E-state index in [9.17, 15) is 0 Å². The summed E-state index contributed by atoms with van der Waals surface area (Å²) in [5.41, 5.74) is 2.40. The lowest BCUT2D eigenvalue weighted by atomic mass is 10.0. The molecule has 0 amide bonds. The van der Waals surface area contributed by atoms with E-state index >= 15 is 0 Å². The molecular formula is C17H10ClNO. The molecule has 1 aromatic heterocycles. The van der Waals surface area contributed by atoms with Crippen molar-refractivity contribution >= 4 is 33.5 Å². The number of hydrogen-bond donors (Lipinski definition) is 0. The van der Waals surface area contributed by atoms with Crippen LogP contribution >= 0.6 is 11.6 Å². The molecular weight excluding hydrogens is 270 g/mol. The molecule has 3 aromatic carbocycles. The Kier molecular flexibility index (Phi) is 2.51. The third-order valence-corrected chi connectivity index (χ3v) is 3.69. The standard InChI is InChI=1S/C17H10ClNO/c18-14-9-4-10-15-16(14)19-17(20-15)13-8-3-6-11-5-1-2-7-12(11)13/h1-10H. The van der Waals surface area contributed by atoms with Crippen LogP contribution in [0.3, 0.4) is 0 Å². The van der Waals surface area contributed by atoms with Gasteiger partial charge in [0.2, 0.25) is 5.89 Å². The first-order valence-electron chi connectivity index (χ1n) is 6.36. The summed E-state index contributed by atoms with van der Waals surface area (Å²) in [5.74, 6) is 0.602. The monoisotopic (exact) mass is 279 g/mol. The highest BCUT2D eigenvalue weighted by atomic mass is 35.5. The fourth-order valence-electron chi connectivity index (χ4n) is 2.44. The summed E-state index contributed by atoms with van der Waals surface area (Å²) in [5, 5.41) is 2.90. The Morgan fingerprint density at radius 3 is 2.55 bits per heavy atom. The molecule has 0 atom stereocenters. The van der Waals surface area contributed by atoms with Crippen LogP contribution in [0.25, 0.3) is 33.3 Å². The number of fused-ring (bicyclic) bond motifs is 2. The number of benzene rings is 3. The molecule has 1 heterocycles. The van der Waals surface area contributed by atoms with E-state index in [4.69, 9.17) is 16.0 Å². The summed E-state index contributed by atoms with van der Waals surface area (Å²) in [4.78, 5) is 4.53. The highest BCUT2D eigenvalue weighted by Gasteiger charge is 2.12. The lowest BCUT2D eigenvalue weighted by Crippen LogP contribution is -1.80. The van der Waals surface area contributed by atoms with Crippen molar-refractivity contribution in [3.63, 3.8) is 0 Å². The molecule has 0 spiro atoms. The minimum absolute atomic E-state index is 0.602. The van der Waals surface area contributed by atoms with Gasteiger partial charge in [-0.05, 0) is 29.0 Å². The first kappa shape index (κ1) is 11.5. The highest BCUT2D eigenvalue weighted by molar-refractivity contribution is 6.34. The predicted molar refractivity (Wildman–Crippen MR) is 82.0 cm³/mol. The van der Waals surface area contributed by atoms with Crippen LogP contribution in [0.15, 0.2) is 65.1 Å². The van der Waals surface area contributed by atoms with Gasteiger partial charge in [0.15, 0.2) is 5.58 Å². The second-order valence-corrected chi connectivity index (χ2v) is 5.04. The fraction of sp³-hybridized carbons (Fsp3) is 0. The zero-order valence-electron chi connectivity index (χ0n) is 10.5. The second-order valence-electron chi connectivity index (χ2n) is 4.63. The van der Waals surface area contributed by atoms with Gasteiger partial charge in [0, 0.05) is 5.56 Å². The molecule has 2 nitrogen and oxygen atoms in total. The van der Waals surface area contributed by atoms with Gasteiger partial charge >= 0.3 is 0 Å². The van der Waals surface area contributed by atoms with Crippen molar-refractivity contribution in [3.05, 3.63) is 65.7 Å². The van der Waals surface area contributed by atoms with Gasteiger partial charge in [0.1, 0.15) is 5.52 Å². The minimum atomic E-state index is 0.602. The average Bonchev–Trinajstić information content (AvgIpc) is 2.92. The molecule has 0 aliphatic rings. The van der Waals surface area contributed by atoms with E-state index in [0.717, 1.165) is 10.9 Å². The highest BCUT2D eigenvalue weighted by Crippen LogP contribution is 2.32. The molecule has 0 saturated heterocycles. The molecule has 0 aliphatic carbocycles. The largest absolute Gasteiger partial charge is 0.436 e. The topological polar surface area (TPSA) is 26.0 Å². The Bertz CT molecular complexity index is 921. The zero-order valence-corrected chi connectivity index (χ0v) is 11.3. The van der Waals surface area contributed by atoms with E-state index in [-0.39, 0.29) is 0 Å². The first-order chi connectivity index (χ1) is 9.83. The third kappa shape index (κ3) is 1.69. The Balaban J connectivity index is 2.04. The van der Waals surface area contributed by atoms with Crippen molar-refractivity contribution in [3.8, 4) is 11.5 Å². The summed E-state index contributed by atoms with van der Waals surface area (Å²) >= 11 is 6.15. The maximum atomic E-state index is 6.15. The second kappa shape index (κ2) is 4.36. The average molecular weight is 280 g/mol. The van der Waals surface area contributed by atoms with Crippen molar-refractivity contribution in [1.29, 1.82) is 0 Å². The van der Waals surface area contributed by atoms with Gasteiger partial charge in [0.05, 0.1) is 5.02 Å². The first-order valence-corrected chi connectivity index (χ1v) is 6.74. The molecule has 0 saturated carbocycles. The lowest BCUT2D eigenvalue weighted by Gasteiger charge is -2.01. The zero-order chi connectivity index (χ0) is 13.5. The number of halogens is 1. The third-order valence-electron chi connectivity index (χ3n) is 3.39. The van der Waals surface area contributed by atoms with Gasteiger partial charge < -0.3 is 4.42 Å². The molecule has 0 radical (unpaired) electrons. The Hall–Kier alpha value is -2.32. The van der Waals surface area contributed by atoms with Crippen LogP contribution in [-0.2, 0) is 0 Å². The van der Waals surface area contributed by atoms with Gasteiger partial charge in [-0.2, -0.15) is 0 Å². The molecule has 0 unspecified atom stereocenters. The summed E-state index contributed by atoms with van der Waals surface area (Å²) in [6.07, 6.45) is 0. The van der Waals surface area contributed by atoms with E-state index in [0.29, 0.717) is 22.0 Å². The van der Waals surface area contributed by atoms with E-state index < -0.39 is 0 Å². The Morgan fingerprint density at radius 2 is 1.65 bits per heavy atom. The number of hydrogen-bond acceptors (Lipinski definition) is 2. The van der Waals surface area contributed by atoms with E-state index in [1.165, 1.54) is 5.39 Å². The number of aromatic nitrogens is 1. The maximum Gasteiger partial charge on any atom is 0.227 e. The van der Waals surface area contributed by atoms with Crippen molar-refractivity contribution in [1.82, 2.24) is 4.98 Å². The molecule has 4 rings (SSSR count). The quantitative estimate of drug-likeness (QED) is 0.472. The van der Waals surface area contributed by atoms with E-state index in [2.05, 4.69) is 23.2 Å². The van der Waals surface area contributed by atoms with Crippen LogP contribution in [0, 0.1) is 0 Å². The molecule has 0 N–H and O–H groups in total. The minimum Gasteiger partial charge on any atom is -0.436 e. The smallest absolute Gasteiger partial charge is 0.227 e. The molecule has 0 fully saturated rings. The maximum absolute atomic E-state index is 6.15. The predicted octanol–water partition coefficient (Wildman–Crippen LogP) is 5.30. The normalized spacial score (nSPS) is 11.2. The van der Waals surface area contributed by atoms with Gasteiger partial charge in [0.25, 0.3) is 0 Å². The van der Waals surface area contributed by atoms with Gasteiger partial charge in [-0.15, -0.1) is 0 Å². The number of oxazole rings is 1. The van der Waals surface area contributed by atoms with Gasteiger partial charge in [-0.1, -0.05) is 54.1 Å². The molecule has 20 heavy (non-hydrogen) atoms. The molecule has 3 heteroatoms. The van der Waals surface area contributed by atoms with E-state index in [1.54, 1.807) is 0 Å².